The Morgan fingerprint density at radius 2 is 2.04 bits per heavy atom. The monoisotopic (exact) mass is 327 g/mol. The van der Waals surface area contributed by atoms with E-state index in [1.54, 1.807) is 12.5 Å². The Labute approximate surface area is 142 Å². The van der Waals surface area contributed by atoms with Crippen molar-refractivity contribution in [3.05, 3.63) is 54.6 Å². The first-order valence-corrected chi connectivity index (χ1v) is 8.73. The minimum Gasteiger partial charge on any atom is -0.375 e. The number of imidazole rings is 1. The second-order valence-electron chi connectivity index (χ2n) is 6.52. The van der Waals surface area contributed by atoms with Crippen LogP contribution in [0.2, 0.25) is 0 Å². The summed E-state index contributed by atoms with van der Waals surface area (Å²) in [5.74, 6) is -0.278. The Morgan fingerprint density at radius 3 is 2.71 bits per heavy atom. The molecule has 1 saturated carbocycles. The van der Waals surface area contributed by atoms with Crippen LogP contribution in [0.5, 0.6) is 0 Å². The quantitative estimate of drug-likeness (QED) is 0.768. The van der Waals surface area contributed by atoms with E-state index in [0.717, 1.165) is 38.6 Å². The molecule has 128 valence electrons. The minimum absolute atomic E-state index is 0.00597. The zero-order chi connectivity index (χ0) is 16.8. The number of aromatic nitrogens is 2. The summed E-state index contributed by atoms with van der Waals surface area (Å²) >= 11 is 0. The summed E-state index contributed by atoms with van der Waals surface area (Å²) in [6, 6.07) is 9.36. The fourth-order valence-corrected chi connectivity index (χ4v) is 3.61. The third-order valence-electron chi connectivity index (χ3n) is 4.94. The highest BCUT2D eigenvalue weighted by molar-refractivity contribution is 5.86. The van der Waals surface area contributed by atoms with Crippen LogP contribution in [0.4, 0.5) is 0 Å². The van der Waals surface area contributed by atoms with Gasteiger partial charge in [-0.25, -0.2) is 4.98 Å². The van der Waals surface area contributed by atoms with Gasteiger partial charge in [0.25, 0.3) is 5.91 Å². The zero-order valence-corrected chi connectivity index (χ0v) is 13.9. The zero-order valence-electron chi connectivity index (χ0n) is 13.9. The number of benzene rings is 1. The van der Waals surface area contributed by atoms with E-state index in [0.29, 0.717) is 12.1 Å². The molecule has 0 saturated heterocycles. The summed E-state index contributed by atoms with van der Waals surface area (Å²) in [5, 5.41) is 14.2. The number of carbonyl (C=O) groups is 1. The number of nitrogens with one attached hydrogen (secondary N) is 1. The molecule has 0 aliphatic heterocycles. The van der Waals surface area contributed by atoms with E-state index in [9.17, 15) is 9.90 Å². The Morgan fingerprint density at radius 1 is 1.29 bits per heavy atom. The van der Waals surface area contributed by atoms with Crippen molar-refractivity contribution in [2.45, 2.75) is 44.2 Å². The molecule has 1 amide bonds. The van der Waals surface area contributed by atoms with Crippen molar-refractivity contribution in [2.24, 2.45) is 5.92 Å². The first kappa shape index (κ1) is 16.7. The van der Waals surface area contributed by atoms with E-state index in [1.165, 1.54) is 0 Å². The molecule has 0 spiro atoms. The van der Waals surface area contributed by atoms with Crippen LogP contribution >= 0.6 is 0 Å². The second-order valence-corrected chi connectivity index (χ2v) is 6.52. The molecule has 1 atom stereocenters. The molecule has 1 aliphatic rings. The van der Waals surface area contributed by atoms with Crippen molar-refractivity contribution >= 4 is 5.91 Å². The molecule has 1 fully saturated rings. The van der Waals surface area contributed by atoms with Gasteiger partial charge < -0.3 is 15.0 Å². The lowest BCUT2D eigenvalue weighted by atomic mass is 9.79. The molecule has 1 heterocycles. The molecular weight excluding hydrogens is 302 g/mol. The maximum Gasteiger partial charge on any atom is 0.256 e. The lowest BCUT2D eigenvalue weighted by molar-refractivity contribution is -0.147. The van der Waals surface area contributed by atoms with Gasteiger partial charge in [-0.15, -0.1) is 0 Å². The molecule has 5 heteroatoms. The van der Waals surface area contributed by atoms with Crippen LogP contribution in [0.15, 0.2) is 49.1 Å². The van der Waals surface area contributed by atoms with Gasteiger partial charge >= 0.3 is 0 Å². The summed E-state index contributed by atoms with van der Waals surface area (Å²) in [6.07, 6.45) is 10.2. The van der Waals surface area contributed by atoms with Crippen molar-refractivity contribution in [3.8, 4) is 0 Å². The lowest BCUT2D eigenvalue weighted by Crippen LogP contribution is -2.49. The van der Waals surface area contributed by atoms with E-state index in [2.05, 4.69) is 10.3 Å². The third kappa shape index (κ3) is 3.51. The van der Waals surface area contributed by atoms with Gasteiger partial charge in [0, 0.05) is 31.4 Å². The van der Waals surface area contributed by atoms with Crippen LogP contribution in [-0.4, -0.2) is 27.1 Å². The molecule has 0 radical (unpaired) electrons. The SMILES string of the molecule is O=C(NCCCn1ccnc1)C(O)(c1ccccc1)C1CCCC1. The lowest BCUT2D eigenvalue weighted by Gasteiger charge is -2.33. The highest BCUT2D eigenvalue weighted by Gasteiger charge is 2.46. The predicted molar refractivity (Wildman–Crippen MR) is 92.2 cm³/mol. The number of hydrogen-bond donors (Lipinski definition) is 2. The summed E-state index contributed by atoms with van der Waals surface area (Å²) in [7, 11) is 0. The van der Waals surface area contributed by atoms with Crippen LogP contribution < -0.4 is 5.32 Å². The number of amides is 1. The van der Waals surface area contributed by atoms with Crippen molar-refractivity contribution in [1.82, 2.24) is 14.9 Å². The molecule has 0 bridgehead atoms. The Hall–Kier alpha value is -2.14. The van der Waals surface area contributed by atoms with Gasteiger partial charge in [-0.1, -0.05) is 43.2 Å². The van der Waals surface area contributed by atoms with E-state index in [-0.39, 0.29) is 11.8 Å². The van der Waals surface area contributed by atoms with Gasteiger partial charge in [0.05, 0.1) is 6.33 Å². The highest BCUT2D eigenvalue weighted by atomic mass is 16.3. The second kappa shape index (κ2) is 7.62. The fourth-order valence-electron chi connectivity index (χ4n) is 3.61. The van der Waals surface area contributed by atoms with E-state index in [1.807, 2.05) is 41.1 Å². The first-order valence-electron chi connectivity index (χ1n) is 8.73. The van der Waals surface area contributed by atoms with Crippen LogP contribution in [-0.2, 0) is 16.9 Å². The normalized spacial score (nSPS) is 17.5. The molecule has 3 rings (SSSR count). The molecule has 1 aromatic carbocycles. The first-order chi connectivity index (χ1) is 11.7. The molecule has 24 heavy (non-hydrogen) atoms. The molecule has 1 unspecified atom stereocenters. The Kier molecular flexibility index (Phi) is 5.30. The van der Waals surface area contributed by atoms with E-state index >= 15 is 0 Å². The summed E-state index contributed by atoms with van der Waals surface area (Å²) in [6.45, 7) is 1.34. The third-order valence-corrected chi connectivity index (χ3v) is 4.94. The molecule has 1 aromatic heterocycles. The average Bonchev–Trinajstić information content (AvgIpc) is 3.32. The number of aryl methyl sites for hydroxylation is 1. The molecular formula is C19H25N3O2. The van der Waals surface area contributed by atoms with Crippen LogP contribution in [0, 0.1) is 5.92 Å². The molecule has 2 N–H and O–H groups in total. The molecule has 2 aromatic rings. The Bertz CT molecular complexity index is 636. The van der Waals surface area contributed by atoms with Gasteiger partial charge in [-0.3, -0.25) is 4.79 Å². The molecule has 5 nitrogen and oxygen atoms in total. The molecule has 1 aliphatic carbocycles. The van der Waals surface area contributed by atoms with E-state index in [4.69, 9.17) is 0 Å². The maximum absolute atomic E-state index is 12.8. The van der Waals surface area contributed by atoms with E-state index < -0.39 is 5.60 Å². The number of aliphatic hydroxyl groups is 1. The highest BCUT2D eigenvalue weighted by Crippen LogP contribution is 2.40. The fraction of sp³-hybridized carbons (Fsp3) is 0.474. The van der Waals surface area contributed by atoms with Gasteiger partial charge in [-0.05, 0) is 24.8 Å². The van der Waals surface area contributed by atoms with Crippen LogP contribution in [0.3, 0.4) is 0 Å². The topological polar surface area (TPSA) is 67.2 Å². The van der Waals surface area contributed by atoms with Crippen molar-refractivity contribution in [2.75, 3.05) is 6.54 Å². The predicted octanol–water partition coefficient (Wildman–Crippen LogP) is 2.47. The number of carbonyl (C=O) groups excluding carboxylic acids is 1. The van der Waals surface area contributed by atoms with Gasteiger partial charge in [-0.2, -0.15) is 0 Å². The number of nitrogens with zero attached hydrogens (tertiary/aromatic N) is 2. The summed E-state index contributed by atoms with van der Waals surface area (Å²) < 4.78 is 1.98. The smallest absolute Gasteiger partial charge is 0.256 e. The van der Waals surface area contributed by atoms with Gasteiger partial charge in [0.1, 0.15) is 0 Å². The average molecular weight is 327 g/mol. The van der Waals surface area contributed by atoms with Crippen molar-refractivity contribution in [3.63, 3.8) is 0 Å². The Balaban J connectivity index is 1.65. The van der Waals surface area contributed by atoms with Crippen molar-refractivity contribution in [1.29, 1.82) is 0 Å². The summed E-state index contributed by atoms with van der Waals surface area (Å²) in [4.78, 5) is 16.8. The summed E-state index contributed by atoms with van der Waals surface area (Å²) in [5.41, 5.74) is -0.726. The number of hydrogen-bond acceptors (Lipinski definition) is 3. The maximum atomic E-state index is 12.8. The minimum atomic E-state index is -1.42. The van der Waals surface area contributed by atoms with Gasteiger partial charge in [0.15, 0.2) is 5.60 Å². The van der Waals surface area contributed by atoms with Crippen LogP contribution in [0.25, 0.3) is 0 Å². The van der Waals surface area contributed by atoms with Crippen molar-refractivity contribution < 1.29 is 9.90 Å². The largest absolute Gasteiger partial charge is 0.375 e. The number of rotatable bonds is 7. The van der Waals surface area contributed by atoms with Gasteiger partial charge in [0.2, 0.25) is 0 Å². The van der Waals surface area contributed by atoms with Crippen LogP contribution in [0.1, 0.15) is 37.7 Å². The standard InChI is InChI=1S/C19H25N3O2/c23-18(21-11-6-13-22-14-12-20-15-22)19(24,17-9-4-5-10-17)16-7-2-1-3-8-16/h1-3,7-8,12,14-15,17,24H,4-6,9-11,13H2,(H,21,23).